The lowest BCUT2D eigenvalue weighted by Crippen LogP contribution is -2.36. The average Bonchev–Trinajstić information content (AvgIpc) is 2.52. The maximum Gasteiger partial charge on any atom is 0.241 e. The number of halogens is 2. The number of hydrogen-bond donors (Lipinski definition) is 2. The van der Waals surface area contributed by atoms with Crippen LogP contribution in [0, 0.1) is 12.7 Å². The van der Waals surface area contributed by atoms with Crippen molar-refractivity contribution < 1.29 is 17.6 Å². The Bertz CT molecular complexity index is 801. The van der Waals surface area contributed by atoms with E-state index in [9.17, 15) is 17.6 Å². The Labute approximate surface area is 149 Å². The number of nitrogens with one attached hydrogen (secondary N) is 1. The topological polar surface area (TPSA) is 66.5 Å². The monoisotopic (exact) mass is 414 g/mol. The molecule has 0 aliphatic heterocycles. The van der Waals surface area contributed by atoms with Crippen LogP contribution in [0.2, 0.25) is 0 Å². The molecule has 0 atom stereocenters. The summed E-state index contributed by atoms with van der Waals surface area (Å²) < 4.78 is 38.1. The summed E-state index contributed by atoms with van der Waals surface area (Å²) in [5.74, 6) is -0.966. The van der Waals surface area contributed by atoms with Crippen molar-refractivity contribution in [2.24, 2.45) is 0 Å². The highest BCUT2D eigenvalue weighted by Crippen LogP contribution is 2.16. The van der Waals surface area contributed by atoms with Gasteiger partial charge in [-0.3, -0.25) is 9.10 Å². The quantitative estimate of drug-likeness (QED) is 0.713. The Morgan fingerprint density at radius 2 is 1.88 bits per heavy atom. The van der Waals surface area contributed by atoms with Crippen molar-refractivity contribution in [2.75, 3.05) is 10.8 Å². The highest BCUT2D eigenvalue weighted by atomic mass is 79.9. The third-order valence-electron chi connectivity index (χ3n) is 3.31. The summed E-state index contributed by atoms with van der Waals surface area (Å²) >= 11 is 3.15. The molecule has 2 aromatic rings. The van der Waals surface area contributed by atoms with Gasteiger partial charge < -0.3 is 5.32 Å². The number of nitrogens with zero attached hydrogens (tertiary/aromatic N) is 1. The summed E-state index contributed by atoms with van der Waals surface area (Å²) in [5, 5.41) is 2.52. The summed E-state index contributed by atoms with van der Waals surface area (Å²) in [7, 11) is -2.97. The fourth-order valence-electron chi connectivity index (χ4n) is 2.01. The number of amides is 1. The minimum Gasteiger partial charge on any atom is -0.350 e. The summed E-state index contributed by atoms with van der Waals surface area (Å²) in [6, 6.07) is 11.3. The number of aryl methyl sites for hydroxylation is 1. The molecule has 0 aliphatic rings. The zero-order valence-electron chi connectivity index (χ0n) is 12.8. The molecule has 0 saturated carbocycles. The van der Waals surface area contributed by atoms with Gasteiger partial charge in [-0.05, 0) is 31.2 Å². The van der Waals surface area contributed by atoms with E-state index >= 15 is 0 Å². The van der Waals surface area contributed by atoms with Crippen LogP contribution in [0.15, 0.2) is 46.9 Å². The van der Waals surface area contributed by atoms with Gasteiger partial charge in [0, 0.05) is 16.6 Å². The van der Waals surface area contributed by atoms with Crippen LogP contribution in [-0.4, -0.2) is 20.9 Å². The number of thiol groups is 1. The van der Waals surface area contributed by atoms with Crippen LogP contribution < -0.4 is 9.62 Å². The van der Waals surface area contributed by atoms with Crippen molar-refractivity contribution in [3.8, 4) is 0 Å². The standard InChI is InChI=1S/C16H16BrFN2O3S/c1-11-2-6-14(7-3-11)20(24(22)23)10-16(21)19-9-12-4-5-13(17)8-15(12)18/h2-8,24H,9-10H2,1H3,(H,19,21). The van der Waals surface area contributed by atoms with Crippen LogP contribution >= 0.6 is 15.9 Å². The normalized spacial score (nSPS) is 10.7. The van der Waals surface area contributed by atoms with Crippen LogP contribution in [0.4, 0.5) is 10.1 Å². The van der Waals surface area contributed by atoms with Crippen molar-refractivity contribution in [2.45, 2.75) is 13.5 Å². The third kappa shape index (κ3) is 5.04. The zero-order chi connectivity index (χ0) is 17.7. The van der Waals surface area contributed by atoms with Crippen molar-refractivity contribution >= 4 is 38.4 Å². The first-order chi connectivity index (χ1) is 11.4. The number of benzene rings is 2. The van der Waals surface area contributed by atoms with Gasteiger partial charge in [0.15, 0.2) is 0 Å². The molecular weight excluding hydrogens is 399 g/mol. The van der Waals surface area contributed by atoms with Crippen LogP contribution in [0.1, 0.15) is 11.1 Å². The first-order valence-electron chi connectivity index (χ1n) is 7.06. The molecule has 8 heteroatoms. The van der Waals surface area contributed by atoms with Gasteiger partial charge >= 0.3 is 0 Å². The molecule has 0 unspecified atom stereocenters. The van der Waals surface area contributed by atoms with Crippen molar-refractivity contribution in [3.05, 3.63) is 63.9 Å². The largest absolute Gasteiger partial charge is 0.350 e. The van der Waals surface area contributed by atoms with Crippen molar-refractivity contribution in [1.29, 1.82) is 0 Å². The number of hydrogen-bond acceptors (Lipinski definition) is 3. The molecule has 0 bridgehead atoms. The highest BCUT2D eigenvalue weighted by molar-refractivity contribution is 9.10. The Balaban J connectivity index is 2.02. The number of carbonyl (C=O) groups excluding carboxylic acids is 1. The number of carbonyl (C=O) groups is 1. The second kappa shape index (κ2) is 8.25. The molecular formula is C16H16BrFN2O3S. The zero-order valence-corrected chi connectivity index (χ0v) is 15.3. The van der Waals surface area contributed by atoms with Crippen LogP contribution in [0.3, 0.4) is 0 Å². The molecule has 0 fully saturated rings. The molecule has 2 aromatic carbocycles. The SMILES string of the molecule is Cc1ccc(N(CC(=O)NCc2ccc(Br)cc2F)[SH](=O)=O)cc1. The molecule has 128 valence electrons. The van der Waals surface area contributed by atoms with Gasteiger partial charge in [-0.1, -0.05) is 39.7 Å². The molecule has 0 aliphatic carbocycles. The maximum absolute atomic E-state index is 13.7. The van der Waals surface area contributed by atoms with Gasteiger partial charge in [0.1, 0.15) is 12.4 Å². The third-order valence-corrected chi connectivity index (χ3v) is 4.57. The Morgan fingerprint density at radius 3 is 2.46 bits per heavy atom. The summed E-state index contributed by atoms with van der Waals surface area (Å²) in [6.07, 6.45) is 0. The van der Waals surface area contributed by atoms with Gasteiger partial charge in [-0.15, -0.1) is 0 Å². The van der Waals surface area contributed by atoms with E-state index in [0.717, 1.165) is 9.87 Å². The predicted molar refractivity (Wildman–Crippen MR) is 94.8 cm³/mol. The molecule has 2 rings (SSSR count). The molecule has 24 heavy (non-hydrogen) atoms. The second-order valence-corrected chi connectivity index (χ2v) is 7.02. The van der Waals surface area contributed by atoms with E-state index in [1.54, 1.807) is 36.4 Å². The van der Waals surface area contributed by atoms with E-state index in [2.05, 4.69) is 21.2 Å². The van der Waals surface area contributed by atoms with Gasteiger partial charge in [-0.2, -0.15) is 0 Å². The summed E-state index contributed by atoms with van der Waals surface area (Å²) in [4.78, 5) is 12.0. The molecule has 0 spiro atoms. The Morgan fingerprint density at radius 1 is 1.21 bits per heavy atom. The fourth-order valence-corrected chi connectivity index (χ4v) is 2.91. The van der Waals surface area contributed by atoms with Crippen molar-refractivity contribution in [1.82, 2.24) is 5.32 Å². The van der Waals surface area contributed by atoms with Gasteiger partial charge in [0.25, 0.3) is 0 Å². The van der Waals surface area contributed by atoms with Crippen LogP contribution in [0.5, 0.6) is 0 Å². The summed E-state index contributed by atoms with van der Waals surface area (Å²) in [6.45, 7) is 1.50. The second-order valence-electron chi connectivity index (χ2n) is 5.14. The van der Waals surface area contributed by atoms with Gasteiger partial charge in [-0.25, -0.2) is 12.8 Å². The maximum atomic E-state index is 13.7. The minimum atomic E-state index is -2.97. The van der Waals surface area contributed by atoms with E-state index < -0.39 is 22.6 Å². The van der Waals surface area contributed by atoms with Crippen LogP contribution in [0.25, 0.3) is 0 Å². The smallest absolute Gasteiger partial charge is 0.241 e. The van der Waals surface area contributed by atoms with Gasteiger partial charge in [0.2, 0.25) is 16.8 Å². The van der Waals surface area contributed by atoms with Crippen molar-refractivity contribution in [3.63, 3.8) is 0 Å². The van der Waals surface area contributed by atoms with E-state index in [1.165, 1.54) is 6.07 Å². The number of rotatable bonds is 6. The van der Waals surface area contributed by atoms with E-state index in [0.29, 0.717) is 15.7 Å². The lowest BCUT2D eigenvalue weighted by Gasteiger charge is -2.17. The Kier molecular flexibility index (Phi) is 6.33. The molecule has 5 nitrogen and oxygen atoms in total. The summed E-state index contributed by atoms with van der Waals surface area (Å²) in [5.41, 5.74) is 1.71. The number of anilines is 1. The fraction of sp³-hybridized carbons (Fsp3) is 0.188. The van der Waals surface area contributed by atoms with E-state index in [4.69, 9.17) is 0 Å². The molecule has 1 amide bonds. The first kappa shape index (κ1) is 18.4. The minimum absolute atomic E-state index is 0.0185. The molecule has 1 N–H and O–H groups in total. The van der Waals surface area contributed by atoms with Gasteiger partial charge in [0.05, 0.1) is 5.69 Å². The first-order valence-corrected chi connectivity index (χ1v) is 8.98. The molecule has 0 radical (unpaired) electrons. The van der Waals surface area contributed by atoms with E-state index in [-0.39, 0.29) is 13.1 Å². The average molecular weight is 415 g/mol. The highest BCUT2D eigenvalue weighted by Gasteiger charge is 2.14. The van der Waals surface area contributed by atoms with Crippen LogP contribution in [-0.2, 0) is 22.2 Å². The lowest BCUT2D eigenvalue weighted by molar-refractivity contribution is -0.119. The molecule has 0 aromatic heterocycles. The molecule has 0 saturated heterocycles. The molecule has 0 heterocycles. The predicted octanol–water partition coefficient (Wildman–Crippen LogP) is 2.55. The Hall–Kier alpha value is -1.93. The van der Waals surface area contributed by atoms with E-state index in [1.807, 2.05) is 6.92 Å². The lowest BCUT2D eigenvalue weighted by atomic mass is 10.2.